The summed E-state index contributed by atoms with van der Waals surface area (Å²) in [5.41, 5.74) is 1.98. The van der Waals surface area contributed by atoms with Crippen LogP contribution >= 0.6 is 11.6 Å². The maximum Gasteiger partial charge on any atom is 0.329 e. The highest BCUT2D eigenvalue weighted by atomic mass is 35.5. The summed E-state index contributed by atoms with van der Waals surface area (Å²) in [5.74, 6) is -1.43. The lowest BCUT2D eigenvalue weighted by atomic mass is 10.1. The Labute approximate surface area is 174 Å². The molecule has 0 aliphatic heterocycles. The highest BCUT2D eigenvalue weighted by molar-refractivity contribution is 6.31. The van der Waals surface area contributed by atoms with Crippen LogP contribution in [0.5, 0.6) is 0 Å². The molecule has 0 aliphatic carbocycles. The van der Waals surface area contributed by atoms with E-state index in [0.29, 0.717) is 16.4 Å². The number of carbonyl (C=O) groups is 3. The molecule has 0 saturated heterocycles. The molecule has 3 amide bonds. The van der Waals surface area contributed by atoms with Gasteiger partial charge in [0.1, 0.15) is 6.04 Å². The van der Waals surface area contributed by atoms with Crippen LogP contribution in [0.25, 0.3) is 0 Å². The van der Waals surface area contributed by atoms with Crippen LogP contribution < -0.4 is 16.0 Å². The molecular weight excluding hydrogens is 394 g/mol. The Hall–Kier alpha value is -3.06. The highest BCUT2D eigenvalue weighted by Gasteiger charge is 2.26. The lowest BCUT2D eigenvalue weighted by molar-refractivity contribution is -0.150. The number of halogens is 1. The molecule has 2 rings (SSSR count). The van der Waals surface area contributed by atoms with Gasteiger partial charge in [-0.2, -0.15) is 0 Å². The molecule has 0 radical (unpaired) electrons. The first-order chi connectivity index (χ1) is 13.8. The van der Waals surface area contributed by atoms with Gasteiger partial charge in [-0.25, -0.2) is 9.59 Å². The van der Waals surface area contributed by atoms with Crippen molar-refractivity contribution in [1.82, 2.24) is 5.32 Å². The lowest BCUT2D eigenvalue weighted by Crippen LogP contribution is -2.47. The van der Waals surface area contributed by atoms with Gasteiger partial charge in [0.05, 0.1) is 0 Å². The van der Waals surface area contributed by atoms with Gasteiger partial charge >= 0.3 is 12.0 Å². The first-order valence-electron chi connectivity index (χ1n) is 9.11. The number of esters is 1. The molecule has 0 fully saturated rings. The fourth-order valence-electron chi connectivity index (χ4n) is 2.42. The van der Waals surface area contributed by atoms with Gasteiger partial charge in [-0.15, -0.1) is 0 Å². The molecule has 7 nitrogen and oxygen atoms in total. The third-order valence-corrected chi connectivity index (χ3v) is 4.45. The fraction of sp³-hybridized carbons (Fsp3) is 0.286. The molecule has 0 bridgehead atoms. The Balaban J connectivity index is 1.87. The van der Waals surface area contributed by atoms with Crippen LogP contribution in [0.3, 0.4) is 0 Å². The van der Waals surface area contributed by atoms with Crippen LogP contribution in [0.1, 0.15) is 19.4 Å². The summed E-state index contributed by atoms with van der Waals surface area (Å²) in [5, 5.41) is 8.35. The molecule has 2 aromatic carbocycles. The van der Waals surface area contributed by atoms with E-state index in [-0.39, 0.29) is 5.92 Å². The normalized spacial score (nSPS) is 11.5. The zero-order valence-electron chi connectivity index (χ0n) is 16.5. The minimum absolute atomic E-state index is 0.233. The molecule has 2 aromatic rings. The van der Waals surface area contributed by atoms with Crippen LogP contribution in [-0.2, 0) is 14.3 Å². The smallest absolute Gasteiger partial charge is 0.329 e. The number of aryl methyl sites for hydroxylation is 1. The quantitative estimate of drug-likeness (QED) is 0.593. The van der Waals surface area contributed by atoms with E-state index in [9.17, 15) is 14.4 Å². The first kappa shape index (κ1) is 22.2. The number of nitrogens with one attached hydrogen (secondary N) is 3. The number of ether oxygens (including phenoxy) is 1. The average molecular weight is 418 g/mol. The number of hydrogen-bond donors (Lipinski definition) is 3. The molecule has 0 unspecified atom stereocenters. The maximum absolute atomic E-state index is 12.4. The molecule has 0 saturated carbocycles. The Morgan fingerprint density at radius 1 is 1.00 bits per heavy atom. The number of urea groups is 1. The van der Waals surface area contributed by atoms with Crippen LogP contribution in [0.15, 0.2) is 48.5 Å². The molecule has 8 heteroatoms. The summed E-state index contributed by atoms with van der Waals surface area (Å²) in [6.45, 7) is 4.91. The Kier molecular flexibility index (Phi) is 8.03. The van der Waals surface area contributed by atoms with Crippen molar-refractivity contribution in [1.29, 1.82) is 0 Å². The predicted octanol–water partition coefficient (Wildman–Crippen LogP) is 3.98. The van der Waals surface area contributed by atoms with Crippen molar-refractivity contribution in [3.8, 4) is 0 Å². The Bertz CT molecular complexity index is 871. The molecule has 0 heterocycles. The summed E-state index contributed by atoms with van der Waals surface area (Å²) in [6.07, 6.45) is 0. The van der Waals surface area contributed by atoms with Gasteiger partial charge in [0.15, 0.2) is 6.61 Å². The molecule has 154 valence electrons. The van der Waals surface area contributed by atoms with E-state index in [1.54, 1.807) is 56.3 Å². The molecule has 0 aromatic heterocycles. The standard InChI is InChI=1S/C21H24ClN3O4/c1-13(2)19(25-21(28)24-15-7-5-4-6-8-15)20(27)29-12-18(26)23-16-10-9-14(3)17(22)11-16/h4-11,13,19H,12H2,1-3H3,(H,23,26)(H2,24,25,28)/t19-/m1/s1. The van der Waals surface area contributed by atoms with Crippen molar-refractivity contribution in [2.75, 3.05) is 17.2 Å². The van der Waals surface area contributed by atoms with Crippen LogP contribution in [-0.4, -0.2) is 30.6 Å². The van der Waals surface area contributed by atoms with Gasteiger partial charge in [-0.1, -0.05) is 49.7 Å². The summed E-state index contributed by atoms with van der Waals surface area (Å²) in [6, 6.07) is 12.5. The number of carbonyl (C=O) groups excluding carboxylic acids is 3. The van der Waals surface area contributed by atoms with E-state index in [4.69, 9.17) is 16.3 Å². The number of para-hydroxylation sites is 1. The minimum Gasteiger partial charge on any atom is -0.454 e. The fourth-order valence-corrected chi connectivity index (χ4v) is 2.60. The predicted molar refractivity (Wildman–Crippen MR) is 113 cm³/mol. The third kappa shape index (κ3) is 7.12. The van der Waals surface area contributed by atoms with E-state index in [1.807, 2.05) is 13.0 Å². The Morgan fingerprint density at radius 2 is 1.69 bits per heavy atom. The molecule has 1 atom stereocenters. The van der Waals surface area contributed by atoms with Gasteiger partial charge in [0.2, 0.25) is 0 Å². The number of benzene rings is 2. The van der Waals surface area contributed by atoms with E-state index >= 15 is 0 Å². The Morgan fingerprint density at radius 3 is 2.31 bits per heavy atom. The molecule has 0 spiro atoms. The van der Waals surface area contributed by atoms with Gasteiger partial charge < -0.3 is 20.7 Å². The summed E-state index contributed by atoms with van der Waals surface area (Å²) >= 11 is 6.02. The van der Waals surface area contributed by atoms with E-state index < -0.39 is 30.6 Å². The van der Waals surface area contributed by atoms with Crippen LogP contribution in [0.2, 0.25) is 5.02 Å². The van der Waals surface area contributed by atoms with Crippen LogP contribution in [0.4, 0.5) is 16.2 Å². The van der Waals surface area contributed by atoms with Gasteiger partial charge in [-0.3, -0.25) is 4.79 Å². The molecule has 29 heavy (non-hydrogen) atoms. The first-order valence-corrected chi connectivity index (χ1v) is 9.49. The monoisotopic (exact) mass is 417 g/mol. The second-order valence-electron chi connectivity index (χ2n) is 6.81. The molecule has 3 N–H and O–H groups in total. The van der Waals surface area contributed by atoms with Gasteiger partial charge in [0.25, 0.3) is 5.91 Å². The third-order valence-electron chi connectivity index (χ3n) is 4.04. The second-order valence-corrected chi connectivity index (χ2v) is 7.21. The van der Waals surface area contributed by atoms with E-state index in [2.05, 4.69) is 16.0 Å². The summed E-state index contributed by atoms with van der Waals surface area (Å²) < 4.78 is 5.08. The van der Waals surface area contributed by atoms with Gasteiger partial charge in [-0.05, 0) is 42.7 Å². The summed E-state index contributed by atoms with van der Waals surface area (Å²) in [7, 11) is 0. The topological polar surface area (TPSA) is 96.5 Å². The highest BCUT2D eigenvalue weighted by Crippen LogP contribution is 2.19. The lowest BCUT2D eigenvalue weighted by Gasteiger charge is -2.21. The van der Waals surface area contributed by atoms with Crippen molar-refractivity contribution in [2.24, 2.45) is 5.92 Å². The zero-order valence-corrected chi connectivity index (χ0v) is 17.2. The van der Waals surface area contributed by atoms with Gasteiger partial charge in [0, 0.05) is 16.4 Å². The summed E-state index contributed by atoms with van der Waals surface area (Å²) in [4.78, 5) is 36.5. The van der Waals surface area contributed by atoms with Crippen molar-refractivity contribution in [2.45, 2.75) is 26.8 Å². The number of rotatable bonds is 7. The number of hydrogen-bond acceptors (Lipinski definition) is 4. The average Bonchev–Trinajstić information content (AvgIpc) is 2.67. The molecule has 0 aliphatic rings. The van der Waals surface area contributed by atoms with Crippen molar-refractivity contribution >= 4 is 40.9 Å². The second kappa shape index (κ2) is 10.5. The minimum atomic E-state index is -0.902. The van der Waals surface area contributed by atoms with Crippen LogP contribution in [0, 0.1) is 12.8 Å². The molecular formula is C21H24ClN3O4. The SMILES string of the molecule is Cc1ccc(NC(=O)COC(=O)[C@H](NC(=O)Nc2ccccc2)C(C)C)cc1Cl. The van der Waals surface area contributed by atoms with E-state index in [0.717, 1.165) is 5.56 Å². The largest absolute Gasteiger partial charge is 0.454 e. The number of anilines is 2. The number of amides is 3. The van der Waals surface area contributed by atoms with Crippen molar-refractivity contribution < 1.29 is 19.1 Å². The van der Waals surface area contributed by atoms with E-state index in [1.165, 1.54) is 0 Å². The zero-order chi connectivity index (χ0) is 21.4. The van der Waals surface area contributed by atoms with Crippen molar-refractivity contribution in [3.63, 3.8) is 0 Å². The maximum atomic E-state index is 12.4. The van der Waals surface area contributed by atoms with Crippen molar-refractivity contribution in [3.05, 3.63) is 59.1 Å².